The first-order valence-corrected chi connectivity index (χ1v) is 6.72. The summed E-state index contributed by atoms with van der Waals surface area (Å²) in [6.07, 6.45) is 0. The van der Waals surface area contributed by atoms with Gasteiger partial charge in [0.1, 0.15) is 5.21 Å². The molecule has 0 aromatic heterocycles. The van der Waals surface area contributed by atoms with Gasteiger partial charge in [-0.2, -0.15) is 0 Å². The van der Waals surface area contributed by atoms with E-state index in [1.54, 1.807) is 18.2 Å². The molecule has 0 saturated carbocycles. The molecular formula is C9H10ClNO4S. The lowest BCUT2D eigenvalue weighted by molar-refractivity contribution is 0.173. The molecule has 5 nitrogen and oxygen atoms in total. The van der Waals surface area contributed by atoms with Gasteiger partial charge in [-0.25, -0.2) is 13.1 Å². The minimum atomic E-state index is -3.42. The lowest BCUT2D eigenvalue weighted by Crippen LogP contribution is -2.24. The van der Waals surface area contributed by atoms with E-state index in [0.29, 0.717) is 11.5 Å². The number of ether oxygens (including phenoxy) is 2. The summed E-state index contributed by atoms with van der Waals surface area (Å²) in [5, 5.41) is -0.459. The molecule has 88 valence electrons. The normalized spacial score (nSPS) is 14.1. The zero-order valence-electron chi connectivity index (χ0n) is 8.27. The molecule has 0 spiro atoms. The first-order chi connectivity index (χ1) is 7.62. The second-order valence-corrected chi connectivity index (χ2v) is 5.59. The van der Waals surface area contributed by atoms with Crippen molar-refractivity contribution < 1.29 is 17.9 Å². The molecule has 1 aromatic rings. The number of fused-ring (bicyclic) bond motifs is 1. The number of halogens is 1. The molecule has 2 rings (SSSR count). The molecule has 0 amide bonds. The van der Waals surface area contributed by atoms with Crippen molar-refractivity contribution in [1.29, 1.82) is 0 Å². The Hall–Kier alpha value is -0.980. The van der Waals surface area contributed by atoms with Gasteiger partial charge >= 0.3 is 0 Å². The highest BCUT2D eigenvalue weighted by Gasteiger charge is 2.18. The van der Waals surface area contributed by atoms with E-state index in [9.17, 15) is 8.42 Å². The van der Waals surface area contributed by atoms with Gasteiger partial charge in [0.05, 0.1) is 0 Å². The van der Waals surface area contributed by atoms with Crippen LogP contribution in [0.2, 0.25) is 0 Å². The van der Waals surface area contributed by atoms with Gasteiger partial charge in [-0.05, 0) is 6.07 Å². The van der Waals surface area contributed by atoms with Gasteiger partial charge in [-0.1, -0.05) is 12.1 Å². The molecule has 1 heterocycles. The van der Waals surface area contributed by atoms with E-state index >= 15 is 0 Å². The summed E-state index contributed by atoms with van der Waals surface area (Å²) in [6, 6.07) is 5.31. The van der Waals surface area contributed by atoms with Crippen molar-refractivity contribution in [1.82, 2.24) is 4.72 Å². The molecule has 1 aromatic carbocycles. The molecule has 16 heavy (non-hydrogen) atoms. The Morgan fingerprint density at radius 1 is 1.38 bits per heavy atom. The second kappa shape index (κ2) is 4.48. The molecule has 0 aliphatic carbocycles. The van der Waals surface area contributed by atoms with E-state index in [1.807, 2.05) is 0 Å². The first kappa shape index (κ1) is 11.5. The number of hydrogen-bond acceptors (Lipinski definition) is 4. The summed E-state index contributed by atoms with van der Waals surface area (Å²) in [5.41, 5.74) is 0.726. The lowest BCUT2D eigenvalue weighted by atomic mass is 10.2. The summed E-state index contributed by atoms with van der Waals surface area (Å²) in [4.78, 5) is 0. The predicted molar refractivity (Wildman–Crippen MR) is 59.0 cm³/mol. The molecule has 0 atom stereocenters. The fourth-order valence-corrected chi connectivity index (χ4v) is 2.04. The molecule has 0 bridgehead atoms. The molecule has 1 N–H and O–H groups in total. The van der Waals surface area contributed by atoms with Gasteiger partial charge in [0.15, 0.2) is 11.5 Å². The van der Waals surface area contributed by atoms with Gasteiger partial charge < -0.3 is 9.47 Å². The van der Waals surface area contributed by atoms with E-state index in [-0.39, 0.29) is 13.3 Å². The maximum atomic E-state index is 11.2. The quantitative estimate of drug-likeness (QED) is 0.824. The Morgan fingerprint density at radius 3 is 2.94 bits per heavy atom. The largest absolute Gasteiger partial charge is 0.454 e. The lowest BCUT2D eigenvalue weighted by Gasteiger charge is -2.06. The number of para-hydroxylation sites is 1. The van der Waals surface area contributed by atoms with E-state index in [2.05, 4.69) is 4.72 Å². The summed E-state index contributed by atoms with van der Waals surface area (Å²) < 4.78 is 35.1. The van der Waals surface area contributed by atoms with E-state index in [1.165, 1.54) is 0 Å². The van der Waals surface area contributed by atoms with Crippen molar-refractivity contribution in [3.8, 4) is 11.5 Å². The molecule has 7 heteroatoms. The molecule has 1 aliphatic rings. The van der Waals surface area contributed by atoms with Crippen LogP contribution in [0.4, 0.5) is 0 Å². The van der Waals surface area contributed by atoms with Crippen molar-refractivity contribution in [2.24, 2.45) is 0 Å². The van der Waals surface area contributed by atoms with Gasteiger partial charge in [-0.15, -0.1) is 11.6 Å². The third-order valence-corrected chi connectivity index (χ3v) is 3.84. The van der Waals surface area contributed by atoms with E-state index in [4.69, 9.17) is 21.1 Å². The van der Waals surface area contributed by atoms with Crippen molar-refractivity contribution >= 4 is 21.6 Å². The predicted octanol–water partition coefficient (Wildman–Crippen LogP) is 1.03. The van der Waals surface area contributed by atoms with Gasteiger partial charge in [0.25, 0.3) is 0 Å². The average Bonchev–Trinajstić information content (AvgIpc) is 2.75. The van der Waals surface area contributed by atoms with Gasteiger partial charge in [-0.3, -0.25) is 0 Å². The van der Waals surface area contributed by atoms with Crippen molar-refractivity contribution in [2.75, 3.05) is 12.0 Å². The van der Waals surface area contributed by atoms with Gasteiger partial charge in [0, 0.05) is 12.1 Å². The Bertz CT molecular complexity index is 488. The maximum Gasteiger partial charge on any atom is 0.231 e. The Morgan fingerprint density at radius 2 is 2.19 bits per heavy atom. The van der Waals surface area contributed by atoms with Crippen molar-refractivity contribution in [2.45, 2.75) is 6.54 Å². The SMILES string of the molecule is O=S(=O)(CCl)NCc1cccc2c1OCO2. The Kier molecular flexibility index (Phi) is 3.22. The minimum absolute atomic E-state index is 0.140. The van der Waals surface area contributed by atoms with Crippen LogP contribution in [0.3, 0.4) is 0 Å². The molecule has 0 fully saturated rings. The zero-order valence-corrected chi connectivity index (χ0v) is 9.85. The maximum absolute atomic E-state index is 11.2. The molecule has 1 aliphatic heterocycles. The van der Waals surface area contributed by atoms with Gasteiger partial charge in [0.2, 0.25) is 16.8 Å². The molecular weight excluding hydrogens is 254 g/mol. The highest BCUT2D eigenvalue weighted by atomic mass is 35.5. The minimum Gasteiger partial charge on any atom is -0.454 e. The van der Waals surface area contributed by atoms with E-state index < -0.39 is 15.2 Å². The summed E-state index contributed by atoms with van der Waals surface area (Å²) in [6.45, 7) is 0.302. The summed E-state index contributed by atoms with van der Waals surface area (Å²) >= 11 is 5.27. The van der Waals surface area contributed by atoms with Crippen molar-refractivity contribution in [3.63, 3.8) is 0 Å². The topological polar surface area (TPSA) is 64.6 Å². The number of alkyl halides is 1. The third-order valence-electron chi connectivity index (χ3n) is 2.10. The first-order valence-electron chi connectivity index (χ1n) is 4.53. The van der Waals surface area contributed by atoms with Crippen LogP contribution in [0.25, 0.3) is 0 Å². The molecule has 0 radical (unpaired) electrons. The van der Waals surface area contributed by atoms with E-state index in [0.717, 1.165) is 5.56 Å². The number of nitrogens with one attached hydrogen (secondary N) is 1. The van der Waals surface area contributed by atoms with Crippen LogP contribution in [0.1, 0.15) is 5.56 Å². The van der Waals surface area contributed by atoms with Crippen LogP contribution in [0.5, 0.6) is 11.5 Å². The van der Waals surface area contributed by atoms with Crippen LogP contribution in [-0.4, -0.2) is 20.4 Å². The van der Waals surface area contributed by atoms with Crippen LogP contribution in [-0.2, 0) is 16.6 Å². The summed E-state index contributed by atoms with van der Waals surface area (Å²) in [7, 11) is -3.42. The van der Waals surface area contributed by atoms with Crippen LogP contribution in [0.15, 0.2) is 18.2 Å². The monoisotopic (exact) mass is 263 g/mol. The second-order valence-electron chi connectivity index (χ2n) is 3.20. The highest BCUT2D eigenvalue weighted by molar-refractivity contribution is 7.90. The van der Waals surface area contributed by atoms with Crippen LogP contribution >= 0.6 is 11.6 Å². The zero-order chi connectivity index (χ0) is 11.6. The number of rotatable bonds is 4. The van der Waals surface area contributed by atoms with Crippen LogP contribution in [0, 0.1) is 0 Å². The summed E-state index contributed by atoms with van der Waals surface area (Å²) in [5.74, 6) is 1.21. The van der Waals surface area contributed by atoms with Crippen molar-refractivity contribution in [3.05, 3.63) is 23.8 Å². The number of hydrogen-bond donors (Lipinski definition) is 1. The number of benzene rings is 1. The molecule has 0 unspecified atom stereocenters. The third kappa shape index (κ3) is 2.40. The Balaban J connectivity index is 2.14. The average molecular weight is 264 g/mol. The number of sulfonamides is 1. The Labute approximate surface area is 98.4 Å². The highest BCUT2D eigenvalue weighted by Crippen LogP contribution is 2.35. The van der Waals surface area contributed by atoms with Crippen LogP contribution < -0.4 is 14.2 Å². The fourth-order valence-electron chi connectivity index (χ4n) is 1.36. The standard InChI is InChI=1S/C9H10ClNO4S/c10-5-16(12,13)11-4-7-2-1-3-8-9(7)15-6-14-8/h1-3,11H,4-6H2. The smallest absolute Gasteiger partial charge is 0.231 e. The molecule has 0 saturated heterocycles. The fraction of sp³-hybridized carbons (Fsp3) is 0.333.